The number of nitrogens with one attached hydrogen (secondary N) is 1. The van der Waals surface area contributed by atoms with Gasteiger partial charge in [0, 0.05) is 29.3 Å². The molecular formula is C18H12N2O7. The van der Waals surface area contributed by atoms with E-state index in [0.29, 0.717) is 30.4 Å². The van der Waals surface area contributed by atoms with Crippen molar-refractivity contribution < 1.29 is 23.6 Å². The van der Waals surface area contributed by atoms with Gasteiger partial charge in [-0.2, -0.15) is 0 Å². The molecule has 9 heteroatoms. The Kier molecular flexibility index (Phi) is 3.96. The van der Waals surface area contributed by atoms with E-state index in [0.717, 1.165) is 0 Å². The SMILES string of the molecule is O=C(Nc1ccc2c(c1)OCCO2)c1cc2cc([N+](=O)[O-])ccc2oc1=O. The van der Waals surface area contributed by atoms with Crippen LogP contribution in [-0.2, 0) is 0 Å². The van der Waals surface area contributed by atoms with Crippen molar-refractivity contribution in [2.75, 3.05) is 18.5 Å². The molecule has 3 aromatic rings. The number of hydrogen-bond donors (Lipinski definition) is 1. The molecule has 1 N–H and O–H groups in total. The van der Waals surface area contributed by atoms with Crippen LogP contribution in [0.3, 0.4) is 0 Å². The molecule has 27 heavy (non-hydrogen) atoms. The summed E-state index contributed by atoms with van der Waals surface area (Å²) in [5, 5.41) is 13.8. The number of rotatable bonds is 3. The van der Waals surface area contributed by atoms with Gasteiger partial charge < -0.3 is 19.2 Å². The van der Waals surface area contributed by atoms with E-state index in [2.05, 4.69) is 5.32 Å². The van der Waals surface area contributed by atoms with Gasteiger partial charge in [0.25, 0.3) is 11.6 Å². The minimum absolute atomic E-state index is 0.154. The van der Waals surface area contributed by atoms with Crippen molar-refractivity contribution in [1.82, 2.24) is 0 Å². The monoisotopic (exact) mass is 368 g/mol. The Morgan fingerprint density at radius 3 is 2.59 bits per heavy atom. The molecule has 9 nitrogen and oxygen atoms in total. The highest BCUT2D eigenvalue weighted by atomic mass is 16.6. The first-order chi connectivity index (χ1) is 13.0. The molecule has 2 aromatic carbocycles. The van der Waals surface area contributed by atoms with Gasteiger partial charge in [-0.15, -0.1) is 0 Å². The molecule has 0 unspecified atom stereocenters. The van der Waals surface area contributed by atoms with Crippen LogP contribution in [0.4, 0.5) is 11.4 Å². The number of ether oxygens (including phenoxy) is 2. The second-order valence-electron chi connectivity index (χ2n) is 5.74. The zero-order chi connectivity index (χ0) is 19.0. The van der Waals surface area contributed by atoms with Gasteiger partial charge in [0.05, 0.1) is 4.92 Å². The van der Waals surface area contributed by atoms with Crippen LogP contribution in [0.15, 0.2) is 51.7 Å². The molecule has 136 valence electrons. The lowest BCUT2D eigenvalue weighted by Gasteiger charge is -2.18. The third-order valence-corrected chi connectivity index (χ3v) is 3.97. The quantitative estimate of drug-likeness (QED) is 0.428. The van der Waals surface area contributed by atoms with Crippen LogP contribution in [-0.4, -0.2) is 24.0 Å². The molecule has 1 aliphatic heterocycles. The summed E-state index contributed by atoms with van der Waals surface area (Å²) >= 11 is 0. The largest absolute Gasteiger partial charge is 0.486 e. The van der Waals surface area contributed by atoms with Crippen molar-refractivity contribution in [3.8, 4) is 11.5 Å². The highest BCUT2D eigenvalue weighted by Gasteiger charge is 2.17. The maximum Gasteiger partial charge on any atom is 0.349 e. The number of nitro groups is 1. The molecule has 0 aliphatic carbocycles. The first-order valence-electron chi connectivity index (χ1n) is 7.94. The van der Waals surface area contributed by atoms with Crippen LogP contribution in [0.2, 0.25) is 0 Å². The third kappa shape index (κ3) is 3.17. The number of amides is 1. The van der Waals surface area contributed by atoms with Crippen LogP contribution in [0, 0.1) is 10.1 Å². The molecule has 0 atom stereocenters. The van der Waals surface area contributed by atoms with E-state index in [9.17, 15) is 19.7 Å². The highest BCUT2D eigenvalue weighted by Crippen LogP contribution is 2.32. The summed E-state index contributed by atoms with van der Waals surface area (Å²) in [4.78, 5) is 34.9. The number of non-ortho nitro benzene ring substituents is 1. The molecule has 0 bridgehead atoms. The lowest BCUT2D eigenvalue weighted by Crippen LogP contribution is -2.21. The zero-order valence-corrected chi connectivity index (χ0v) is 13.8. The van der Waals surface area contributed by atoms with Crippen LogP contribution in [0.25, 0.3) is 11.0 Å². The van der Waals surface area contributed by atoms with Gasteiger partial charge in [-0.25, -0.2) is 4.79 Å². The lowest BCUT2D eigenvalue weighted by molar-refractivity contribution is -0.384. The van der Waals surface area contributed by atoms with Gasteiger partial charge in [0.1, 0.15) is 24.4 Å². The van der Waals surface area contributed by atoms with Gasteiger partial charge in [0.15, 0.2) is 11.5 Å². The van der Waals surface area contributed by atoms with E-state index in [1.165, 1.54) is 24.3 Å². The molecule has 0 saturated heterocycles. The summed E-state index contributed by atoms with van der Waals surface area (Å²) in [7, 11) is 0. The molecule has 0 saturated carbocycles. The molecule has 0 fully saturated rings. The predicted molar refractivity (Wildman–Crippen MR) is 94.5 cm³/mol. The van der Waals surface area contributed by atoms with E-state index in [1.54, 1.807) is 18.2 Å². The molecule has 2 heterocycles. The van der Waals surface area contributed by atoms with Gasteiger partial charge >= 0.3 is 5.63 Å². The molecule has 1 aromatic heterocycles. The Balaban J connectivity index is 1.66. The number of benzene rings is 2. The summed E-state index contributed by atoms with van der Waals surface area (Å²) < 4.78 is 15.9. The van der Waals surface area contributed by atoms with Crippen molar-refractivity contribution >= 4 is 28.3 Å². The fourth-order valence-electron chi connectivity index (χ4n) is 2.70. The number of nitro benzene ring substituents is 1. The van der Waals surface area contributed by atoms with Crippen molar-refractivity contribution in [2.45, 2.75) is 0 Å². The summed E-state index contributed by atoms with van der Waals surface area (Å²) in [6.07, 6.45) is 0. The van der Waals surface area contributed by atoms with Gasteiger partial charge in [-0.3, -0.25) is 14.9 Å². The number of fused-ring (bicyclic) bond motifs is 2. The average molecular weight is 368 g/mol. The minimum Gasteiger partial charge on any atom is -0.486 e. The molecule has 4 rings (SSSR count). The van der Waals surface area contributed by atoms with Crippen molar-refractivity contribution in [2.24, 2.45) is 0 Å². The Morgan fingerprint density at radius 1 is 1.04 bits per heavy atom. The number of anilines is 1. The standard InChI is InChI=1S/C18H12N2O7/c21-17(19-11-1-3-15-16(9-11)26-6-5-25-15)13-8-10-7-12(20(23)24)2-4-14(10)27-18(13)22/h1-4,7-9H,5-6H2,(H,19,21). The minimum atomic E-state index is -0.841. The highest BCUT2D eigenvalue weighted by molar-refractivity contribution is 6.05. The normalized spacial score (nSPS) is 12.6. The van der Waals surface area contributed by atoms with E-state index in [4.69, 9.17) is 13.9 Å². The fraction of sp³-hybridized carbons (Fsp3) is 0.111. The summed E-state index contributed by atoms with van der Waals surface area (Å²) in [6, 6.07) is 9.88. The topological polar surface area (TPSA) is 121 Å². The molecule has 1 amide bonds. The van der Waals surface area contributed by atoms with Crippen molar-refractivity contribution in [1.29, 1.82) is 0 Å². The first-order valence-corrected chi connectivity index (χ1v) is 7.94. The maximum absolute atomic E-state index is 12.5. The van der Waals surface area contributed by atoms with Gasteiger partial charge in [-0.1, -0.05) is 0 Å². The first kappa shape index (κ1) is 16.6. The third-order valence-electron chi connectivity index (χ3n) is 3.97. The molecule has 0 spiro atoms. The Morgan fingerprint density at radius 2 is 1.81 bits per heavy atom. The second kappa shape index (κ2) is 6.45. The number of carbonyl (C=O) groups excluding carboxylic acids is 1. The van der Waals surface area contributed by atoms with E-state index in [-0.39, 0.29) is 22.2 Å². The van der Waals surface area contributed by atoms with E-state index >= 15 is 0 Å². The molecule has 0 radical (unpaired) electrons. The van der Waals surface area contributed by atoms with E-state index in [1.807, 2.05) is 0 Å². The summed E-state index contributed by atoms with van der Waals surface area (Å²) in [5.74, 6) is 0.353. The van der Waals surface area contributed by atoms with Gasteiger partial charge in [0.2, 0.25) is 0 Å². The fourth-order valence-corrected chi connectivity index (χ4v) is 2.70. The van der Waals surface area contributed by atoms with Crippen molar-refractivity contribution in [3.05, 3.63) is 68.6 Å². The number of hydrogen-bond acceptors (Lipinski definition) is 7. The maximum atomic E-state index is 12.5. The van der Waals surface area contributed by atoms with Crippen molar-refractivity contribution in [3.63, 3.8) is 0 Å². The number of carbonyl (C=O) groups is 1. The van der Waals surface area contributed by atoms with Crippen LogP contribution >= 0.6 is 0 Å². The average Bonchev–Trinajstić information content (AvgIpc) is 2.66. The smallest absolute Gasteiger partial charge is 0.349 e. The predicted octanol–water partition coefficient (Wildman–Crippen LogP) is 2.72. The van der Waals surface area contributed by atoms with Crippen LogP contribution in [0.5, 0.6) is 11.5 Å². The van der Waals surface area contributed by atoms with Crippen LogP contribution < -0.4 is 20.4 Å². The molecular weight excluding hydrogens is 356 g/mol. The van der Waals surface area contributed by atoms with Crippen LogP contribution in [0.1, 0.15) is 10.4 Å². The lowest BCUT2D eigenvalue weighted by atomic mass is 10.1. The number of nitrogens with zero attached hydrogens (tertiary/aromatic N) is 1. The zero-order valence-electron chi connectivity index (χ0n) is 13.8. The Labute approximate surface area is 151 Å². The van der Waals surface area contributed by atoms with Gasteiger partial charge in [-0.05, 0) is 24.3 Å². The molecule has 1 aliphatic rings. The Bertz CT molecular complexity index is 1140. The summed E-state index contributed by atoms with van der Waals surface area (Å²) in [5.41, 5.74) is -0.719. The van der Waals surface area contributed by atoms with E-state index < -0.39 is 16.5 Å². The summed E-state index contributed by atoms with van der Waals surface area (Å²) in [6.45, 7) is 0.848. The second-order valence-corrected chi connectivity index (χ2v) is 5.74. The Hall–Kier alpha value is -3.88.